The van der Waals surface area contributed by atoms with Gasteiger partial charge in [-0.2, -0.15) is 0 Å². The highest BCUT2D eigenvalue weighted by molar-refractivity contribution is 7.15. The lowest BCUT2D eigenvalue weighted by Gasteiger charge is -2.05. The summed E-state index contributed by atoms with van der Waals surface area (Å²) in [7, 11) is 0. The van der Waals surface area contributed by atoms with Gasteiger partial charge >= 0.3 is 0 Å². The fourth-order valence-corrected chi connectivity index (χ4v) is 3.08. The summed E-state index contributed by atoms with van der Waals surface area (Å²) in [6.45, 7) is 4.25. The molecule has 4 nitrogen and oxygen atoms in total. The van der Waals surface area contributed by atoms with E-state index in [0.717, 1.165) is 17.8 Å². The maximum absolute atomic E-state index is 12.1. The molecule has 0 radical (unpaired) electrons. The molecule has 1 N–H and O–H groups in total. The number of rotatable bonds is 5. The van der Waals surface area contributed by atoms with Gasteiger partial charge in [0.1, 0.15) is 5.01 Å². The third kappa shape index (κ3) is 3.55. The minimum absolute atomic E-state index is 0.222. The Bertz CT molecular complexity index is 596. The SMILES string of the molecule is CCC(CC)c1nnc(NC(=O)c2cccc(Cl)c2)s1. The highest BCUT2D eigenvalue weighted by atomic mass is 35.5. The number of halogens is 1. The number of hydrogen-bond donors (Lipinski definition) is 1. The van der Waals surface area contributed by atoms with Crippen LogP contribution in [0, 0.1) is 0 Å². The molecule has 1 aromatic heterocycles. The van der Waals surface area contributed by atoms with Crippen LogP contribution in [0.5, 0.6) is 0 Å². The predicted molar refractivity (Wildman–Crippen MR) is 82.6 cm³/mol. The molecule has 0 unspecified atom stereocenters. The van der Waals surface area contributed by atoms with E-state index in [4.69, 9.17) is 11.6 Å². The zero-order valence-corrected chi connectivity index (χ0v) is 13.0. The molecule has 20 heavy (non-hydrogen) atoms. The van der Waals surface area contributed by atoms with Gasteiger partial charge in [-0.15, -0.1) is 10.2 Å². The molecule has 0 bridgehead atoms. The van der Waals surface area contributed by atoms with Gasteiger partial charge < -0.3 is 0 Å². The van der Waals surface area contributed by atoms with Gasteiger partial charge in [0.25, 0.3) is 5.91 Å². The van der Waals surface area contributed by atoms with Crippen LogP contribution in [0.2, 0.25) is 5.02 Å². The van der Waals surface area contributed by atoms with Crippen molar-refractivity contribution < 1.29 is 4.79 Å². The fraction of sp³-hybridized carbons (Fsp3) is 0.357. The topological polar surface area (TPSA) is 54.9 Å². The first-order valence-corrected chi connectivity index (χ1v) is 7.73. The first-order valence-electron chi connectivity index (χ1n) is 6.54. The van der Waals surface area contributed by atoms with Crippen molar-refractivity contribution in [2.75, 3.05) is 5.32 Å². The van der Waals surface area contributed by atoms with Crippen molar-refractivity contribution in [2.45, 2.75) is 32.6 Å². The molecule has 0 atom stereocenters. The highest BCUT2D eigenvalue weighted by Gasteiger charge is 2.15. The molecule has 106 valence electrons. The van der Waals surface area contributed by atoms with E-state index in [1.54, 1.807) is 24.3 Å². The maximum atomic E-state index is 12.1. The number of hydrogen-bond acceptors (Lipinski definition) is 4. The Kier molecular flexibility index (Phi) is 5.09. The van der Waals surface area contributed by atoms with Gasteiger partial charge in [-0.1, -0.05) is 42.9 Å². The molecular formula is C14H16ClN3OS. The van der Waals surface area contributed by atoms with E-state index in [0.29, 0.717) is 21.6 Å². The van der Waals surface area contributed by atoms with E-state index in [1.807, 2.05) is 0 Å². The summed E-state index contributed by atoms with van der Waals surface area (Å²) in [6.07, 6.45) is 2.04. The average molecular weight is 310 g/mol. The number of aromatic nitrogens is 2. The largest absolute Gasteiger partial charge is 0.296 e. The van der Waals surface area contributed by atoms with Crippen LogP contribution in [-0.4, -0.2) is 16.1 Å². The Labute approximate surface area is 127 Å². The van der Waals surface area contributed by atoms with Crippen LogP contribution in [0.15, 0.2) is 24.3 Å². The molecule has 0 aliphatic carbocycles. The lowest BCUT2D eigenvalue weighted by Crippen LogP contribution is -2.11. The molecule has 2 aromatic rings. The van der Waals surface area contributed by atoms with Crippen LogP contribution in [0.25, 0.3) is 0 Å². The summed E-state index contributed by atoms with van der Waals surface area (Å²) < 4.78 is 0. The minimum atomic E-state index is -0.222. The Morgan fingerprint density at radius 1 is 1.35 bits per heavy atom. The number of anilines is 1. The number of carbonyl (C=O) groups is 1. The maximum Gasteiger partial charge on any atom is 0.257 e. The number of nitrogens with zero attached hydrogens (tertiary/aromatic N) is 2. The van der Waals surface area contributed by atoms with Crippen molar-refractivity contribution in [1.29, 1.82) is 0 Å². The van der Waals surface area contributed by atoms with E-state index in [1.165, 1.54) is 11.3 Å². The molecule has 1 heterocycles. The number of nitrogens with one attached hydrogen (secondary N) is 1. The summed E-state index contributed by atoms with van der Waals surface area (Å²) >= 11 is 7.30. The van der Waals surface area contributed by atoms with Crippen molar-refractivity contribution >= 4 is 34.0 Å². The third-order valence-electron chi connectivity index (χ3n) is 3.08. The van der Waals surface area contributed by atoms with Gasteiger partial charge in [-0.05, 0) is 31.0 Å². The van der Waals surface area contributed by atoms with Crippen molar-refractivity contribution in [1.82, 2.24) is 10.2 Å². The number of carbonyl (C=O) groups excluding carboxylic acids is 1. The predicted octanol–water partition coefficient (Wildman–Crippen LogP) is 4.35. The molecule has 0 saturated carbocycles. The van der Waals surface area contributed by atoms with Crippen molar-refractivity contribution in [3.63, 3.8) is 0 Å². The Morgan fingerprint density at radius 2 is 2.10 bits per heavy atom. The van der Waals surface area contributed by atoms with Gasteiger partial charge in [-0.3, -0.25) is 10.1 Å². The van der Waals surface area contributed by atoms with Gasteiger partial charge in [0.15, 0.2) is 0 Å². The standard InChI is InChI=1S/C14H16ClN3OS/c1-3-9(4-2)13-17-18-14(20-13)16-12(19)10-6-5-7-11(15)8-10/h5-9H,3-4H2,1-2H3,(H,16,18,19). The number of amides is 1. The zero-order chi connectivity index (χ0) is 14.5. The van der Waals surface area contributed by atoms with E-state index >= 15 is 0 Å². The molecule has 1 aromatic carbocycles. The van der Waals surface area contributed by atoms with Crippen molar-refractivity contribution in [2.24, 2.45) is 0 Å². The summed E-state index contributed by atoms with van der Waals surface area (Å²) in [5, 5.41) is 13.0. The molecule has 0 spiro atoms. The monoisotopic (exact) mass is 309 g/mol. The van der Waals surface area contributed by atoms with Gasteiger partial charge in [-0.25, -0.2) is 0 Å². The second-order valence-electron chi connectivity index (χ2n) is 4.42. The third-order valence-corrected chi connectivity index (χ3v) is 4.32. The molecule has 6 heteroatoms. The van der Waals surface area contributed by atoms with Crippen LogP contribution in [0.3, 0.4) is 0 Å². The summed E-state index contributed by atoms with van der Waals surface area (Å²) in [6, 6.07) is 6.81. The lowest BCUT2D eigenvalue weighted by atomic mass is 10.1. The first-order chi connectivity index (χ1) is 9.63. The normalized spacial score (nSPS) is 10.8. The fourth-order valence-electron chi connectivity index (χ4n) is 1.89. The zero-order valence-electron chi connectivity index (χ0n) is 11.4. The van der Waals surface area contributed by atoms with Gasteiger partial charge in [0, 0.05) is 16.5 Å². The average Bonchev–Trinajstić information content (AvgIpc) is 2.88. The smallest absolute Gasteiger partial charge is 0.257 e. The second-order valence-corrected chi connectivity index (χ2v) is 5.87. The second kappa shape index (κ2) is 6.81. The summed E-state index contributed by atoms with van der Waals surface area (Å²) in [5.41, 5.74) is 0.511. The van der Waals surface area contributed by atoms with Crippen LogP contribution >= 0.6 is 22.9 Å². The quantitative estimate of drug-likeness (QED) is 0.893. The van der Waals surface area contributed by atoms with Gasteiger partial charge in [0.05, 0.1) is 0 Å². The van der Waals surface area contributed by atoms with E-state index in [-0.39, 0.29) is 5.91 Å². The minimum Gasteiger partial charge on any atom is -0.296 e. The van der Waals surface area contributed by atoms with Crippen LogP contribution in [-0.2, 0) is 0 Å². The van der Waals surface area contributed by atoms with E-state index in [9.17, 15) is 4.79 Å². The van der Waals surface area contributed by atoms with Gasteiger partial charge in [0.2, 0.25) is 5.13 Å². The Hall–Kier alpha value is -1.46. The highest BCUT2D eigenvalue weighted by Crippen LogP contribution is 2.28. The Morgan fingerprint density at radius 3 is 2.75 bits per heavy atom. The van der Waals surface area contributed by atoms with Crippen molar-refractivity contribution in [3.05, 3.63) is 39.9 Å². The molecule has 1 amide bonds. The van der Waals surface area contributed by atoms with E-state index < -0.39 is 0 Å². The van der Waals surface area contributed by atoms with E-state index in [2.05, 4.69) is 29.4 Å². The number of benzene rings is 1. The first kappa shape index (κ1) is 14.9. The molecule has 0 fully saturated rings. The van der Waals surface area contributed by atoms with Crippen LogP contribution < -0.4 is 5.32 Å². The van der Waals surface area contributed by atoms with Crippen LogP contribution in [0.4, 0.5) is 5.13 Å². The molecular weight excluding hydrogens is 294 g/mol. The molecule has 2 rings (SSSR count). The molecule has 0 saturated heterocycles. The summed E-state index contributed by atoms with van der Waals surface area (Å²) in [4.78, 5) is 12.1. The van der Waals surface area contributed by atoms with Crippen molar-refractivity contribution in [3.8, 4) is 0 Å². The summed E-state index contributed by atoms with van der Waals surface area (Å²) in [5.74, 6) is 0.184. The molecule has 0 aliphatic heterocycles. The molecule has 0 aliphatic rings. The lowest BCUT2D eigenvalue weighted by molar-refractivity contribution is 0.102. The van der Waals surface area contributed by atoms with Crippen LogP contribution in [0.1, 0.15) is 48.0 Å². The Balaban J connectivity index is 2.09.